The molecule has 2 aromatic carbocycles. The highest BCUT2D eigenvalue weighted by Gasteiger charge is 2.14. The topological polar surface area (TPSA) is 85.8 Å². The van der Waals surface area contributed by atoms with Crippen molar-refractivity contribution in [1.29, 1.82) is 0 Å². The molecule has 0 spiro atoms. The first-order valence-electron chi connectivity index (χ1n) is 9.97. The monoisotopic (exact) mass is 444 g/mol. The van der Waals surface area contributed by atoms with Gasteiger partial charge in [-0.3, -0.25) is 9.20 Å². The van der Waals surface area contributed by atoms with Crippen LogP contribution in [0.1, 0.15) is 5.56 Å². The molecule has 0 radical (unpaired) electrons. The normalized spacial score (nSPS) is 11.2. The number of nitrogens with zero attached hydrogens (tertiary/aromatic N) is 5. The van der Waals surface area contributed by atoms with Crippen LogP contribution in [0.5, 0.6) is 5.75 Å². The van der Waals surface area contributed by atoms with E-state index in [1.54, 1.807) is 35.9 Å². The van der Waals surface area contributed by atoms with Crippen LogP contribution in [0.3, 0.4) is 0 Å². The summed E-state index contributed by atoms with van der Waals surface area (Å²) in [6.07, 6.45) is 3.73. The summed E-state index contributed by atoms with van der Waals surface area (Å²) in [5.41, 5.74) is 5.37. The number of rotatable bonds is 6. The second-order valence-electron chi connectivity index (χ2n) is 7.27. The van der Waals surface area contributed by atoms with Gasteiger partial charge in [0, 0.05) is 23.6 Å². The van der Waals surface area contributed by atoms with Crippen molar-refractivity contribution in [3.8, 4) is 17.0 Å². The van der Waals surface area contributed by atoms with E-state index in [1.807, 2.05) is 22.9 Å². The molecule has 0 saturated heterocycles. The van der Waals surface area contributed by atoms with Crippen molar-refractivity contribution in [3.05, 3.63) is 72.6 Å². The average molecular weight is 445 g/mol. The van der Waals surface area contributed by atoms with Crippen LogP contribution in [-0.4, -0.2) is 43.0 Å². The first kappa shape index (κ1) is 20.1. The van der Waals surface area contributed by atoms with Crippen LogP contribution in [-0.2, 0) is 4.79 Å². The number of amides is 1. The highest BCUT2D eigenvalue weighted by Crippen LogP contribution is 2.24. The van der Waals surface area contributed by atoms with Gasteiger partial charge in [-0.2, -0.15) is 5.10 Å². The summed E-state index contributed by atoms with van der Waals surface area (Å²) in [7, 11) is 1.61. The third-order valence-electron chi connectivity index (χ3n) is 5.04. The molecule has 5 rings (SSSR count). The molecule has 0 unspecified atom stereocenters. The number of anilines is 1. The van der Waals surface area contributed by atoms with Crippen molar-refractivity contribution in [3.63, 3.8) is 0 Å². The molecule has 32 heavy (non-hydrogen) atoms. The van der Waals surface area contributed by atoms with Crippen LogP contribution in [0.15, 0.2) is 72.1 Å². The molecule has 0 bridgehead atoms. The van der Waals surface area contributed by atoms with Gasteiger partial charge in [-0.25, -0.2) is 4.52 Å². The Kier molecular flexibility index (Phi) is 5.24. The number of aromatic nitrogens is 5. The van der Waals surface area contributed by atoms with Crippen molar-refractivity contribution in [2.75, 3.05) is 18.2 Å². The first-order valence-corrected chi connectivity index (χ1v) is 11.0. The number of nitrogens with one attached hydrogen (secondary N) is 1. The van der Waals surface area contributed by atoms with E-state index in [4.69, 9.17) is 4.74 Å². The Bertz CT molecular complexity index is 1410. The zero-order valence-electron chi connectivity index (χ0n) is 17.5. The van der Waals surface area contributed by atoms with Crippen LogP contribution >= 0.6 is 11.8 Å². The number of hydrogen-bond donors (Lipinski definition) is 1. The Hall–Kier alpha value is -3.85. The molecule has 0 saturated carbocycles. The van der Waals surface area contributed by atoms with E-state index >= 15 is 0 Å². The minimum Gasteiger partial charge on any atom is -0.497 e. The van der Waals surface area contributed by atoms with Crippen molar-refractivity contribution >= 4 is 34.5 Å². The van der Waals surface area contributed by atoms with Gasteiger partial charge in [-0.1, -0.05) is 41.6 Å². The van der Waals surface area contributed by atoms with Gasteiger partial charge in [-0.05, 0) is 37.3 Å². The maximum Gasteiger partial charge on any atom is 0.234 e. The van der Waals surface area contributed by atoms with Gasteiger partial charge in [0.2, 0.25) is 5.91 Å². The predicted octanol–water partition coefficient (Wildman–Crippen LogP) is 4.09. The molecule has 0 atom stereocenters. The van der Waals surface area contributed by atoms with Crippen molar-refractivity contribution in [2.24, 2.45) is 0 Å². The number of methoxy groups -OCH3 is 1. The molecule has 3 heterocycles. The summed E-state index contributed by atoms with van der Waals surface area (Å²) in [5, 5.41) is 16.8. The highest BCUT2D eigenvalue weighted by molar-refractivity contribution is 7.99. The van der Waals surface area contributed by atoms with Gasteiger partial charge in [0.15, 0.2) is 10.8 Å². The lowest BCUT2D eigenvalue weighted by atomic mass is 10.1. The van der Waals surface area contributed by atoms with E-state index in [0.29, 0.717) is 16.5 Å². The van der Waals surface area contributed by atoms with E-state index in [1.165, 1.54) is 17.3 Å². The van der Waals surface area contributed by atoms with Gasteiger partial charge in [0.1, 0.15) is 11.3 Å². The highest BCUT2D eigenvalue weighted by atomic mass is 32.2. The molecule has 0 fully saturated rings. The fraction of sp³-hybridized carbons (Fsp3) is 0.130. The summed E-state index contributed by atoms with van der Waals surface area (Å²) in [6, 6.07) is 17.5. The van der Waals surface area contributed by atoms with Crippen LogP contribution < -0.4 is 10.1 Å². The van der Waals surface area contributed by atoms with Crippen molar-refractivity contribution in [2.45, 2.75) is 12.1 Å². The smallest absolute Gasteiger partial charge is 0.234 e. The Balaban J connectivity index is 1.34. The minimum atomic E-state index is -0.121. The van der Waals surface area contributed by atoms with Crippen LogP contribution in [0.2, 0.25) is 0 Å². The maximum atomic E-state index is 12.4. The van der Waals surface area contributed by atoms with E-state index in [0.717, 1.165) is 22.5 Å². The second-order valence-corrected chi connectivity index (χ2v) is 8.21. The zero-order valence-corrected chi connectivity index (χ0v) is 18.3. The van der Waals surface area contributed by atoms with Gasteiger partial charge in [0.25, 0.3) is 0 Å². The predicted molar refractivity (Wildman–Crippen MR) is 124 cm³/mol. The fourth-order valence-corrected chi connectivity index (χ4v) is 4.07. The quantitative estimate of drug-likeness (QED) is 0.397. The number of carbonyl (C=O) groups is 1. The van der Waals surface area contributed by atoms with E-state index in [2.05, 4.69) is 51.8 Å². The molecule has 0 aliphatic carbocycles. The Morgan fingerprint density at radius 2 is 1.84 bits per heavy atom. The Labute approximate surface area is 188 Å². The minimum absolute atomic E-state index is 0.121. The molecule has 1 N–H and O–H groups in total. The third kappa shape index (κ3) is 3.90. The molecule has 3 aromatic heterocycles. The summed E-state index contributed by atoms with van der Waals surface area (Å²) in [4.78, 5) is 12.4. The van der Waals surface area contributed by atoms with Gasteiger partial charge in [-0.15, -0.1) is 10.2 Å². The van der Waals surface area contributed by atoms with Crippen molar-refractivity contribution < 1.29 is 9.53 Å². The summed E-state index contributed by atoms with van der Waals surface area (Å²) in [6.45, 7) is 2.06. The van der Waals surface area contributed by atoms with Crippen LogP contribution in [0.4, 0.5) is 5.69 Å². The molecular formula is C23H20N6O2S. The summed E-state index contributed by atoms with van der Waals surface area (Å²) in [5.74, 6) is 0.833. The number of benzene rings is 2. The standard InChI is InChI=1S/C23H20N6O2S/c1-15-3-5-16(6-4-15)19-13-20-22-25-26-23(28(22)11-12-29(20)27-19)32-14-21(30)24-17-7-9-18(31-2)10-8-17/h3-13H,14H2,1-2H3,(H,24,30). The summed E-state index contributed by atoms with van der Waals surface area (Å²) >= 11 is 1.33. The first-order chi connectivity index (χ1) is 15.6. The van der Waals surface area contributed by atoms with Gasteiger partial charge < -0.3 is 10.1 Å². The molecule has 9 heteroatoms. The molecule has 0 aliphatic heterocycles. The third-order valence-corrected chi connectivity index (χ3v) is 5.98. The molecule has 0 aliphatic rings. The maximum absolute atomic E-state index is 12.4. The number of ether oxygens (including phenoxy) is 1. The van der Waals surface area contributed by atoms with E-state index < -0.39 is 0 Å². The lowest BCUT2D eigenvalue weighted by molar-refractivity contribution is -0.113. The molecule has 8 nitrogen and oxygen atoms in total. The second kappa shape index (κ2) is 8.35. The Morgan fingerprint density at radius 3 is 2.59 bits per heavy atom. The van der Waals surface area contributed by atoms with Crippen LogP contribution in [0.25, 0.3) is 22.4 Å². The number of thioether (sulfide) groups is 1. The summed E-state index contributed by atoms with van der Waals surface area (Å²) < 4.78 is 8.80. The molecule has 5 aromatic rings. The SMILES string of the molecule is COc1ccc(NC(=O)CSc2nnc3c4cc(-c5ccc(C)cc5)nn4ccn23)cc1. The van der Waals surface area contributed by atoms with Crippen molar-refractivity contribution in [1.82, 2.24) is 24.2 Å². The van der Waals surface area contributed by atoms with Crippen LogP contribution in [0, 0.1) is 6.92 Å². The van der Waals surface area contributed by atoms with E-state index in [-0.39, 0.29) is 11.7 Å². The largest absolute Gasteiger partial charge is 0.497 e. The Morgan fingerprint density at radius 1 is 1.06 bits per heavy atom. The fourth-order valence-electron chi connectivity index (χ4n) is 3.36. The molecule has 1 amide bonds. The number of fused-ring (bicyclic) bond motifs is 3. The van der Waals surface area contributed by atoms with E-state index in [9.17, 15) is 4.79 Å². The average Bonchev–Trinajstić information content (AvgIpc) is 3.42. The zero-order chi connectivity index (χ0) is 22.1. The number of aryl methyl sites for hydroxylation is 1. The lowest BCUT2D eigenvalue weighted by Gasteiger charge is -2.06. The van der Waals surface area contributed by atoms with Gasteiger partial charge >= 0.3 is 0 Å². The molecular weight excluding hydrogens is 424 g/mol. The molecule has 160 valence electrons. The number of hydrogen-bond acceptors (Lipinski definition) is 6. The lowest BCUT2D eigenvalue weighted by Crippen LogP contribution is -2.14. The van der Waals surface area contributed by atoms with Gasteiger partial charge in [0.05, 0.1) is 18.6 Å². The number of carbonyl (C=O) groups excluding carboxylic acids is 1.